The number of rotatable bonds is 2. The summed E-state index contributed by atoms with van der Waals surface area (Å²) in [5.41, 5.74) is 0. The fraction of sp³-hybridized carbons (Fsp3) is 0.727. The van der Waals surface area contributed by atoms with Crippen LogP contribution in [-0.2, 0) is 4.79 Å². The number of likely N-dealkylation sites (tertiary alicyclic amines) is 1. The third kappa shape index (κ3) is 11.4. The molecule has 1 saturated heterocycles. The maximum atomic E-state index is 10.1. The Morgan fingerprint density at radius 3 is 1.85 bits per heavy atom. The van der Waals surface area contributed by atoms with Gasteiger partial charge in [-0.15, -0.1) is 0 Å². The Balaban J connectivity index is 0. The Morgan fingerprint density at radius 2 is 1.85 bits per heavy atom. The first-order valence-electron chi connectivity index (χ1n) is 5.04. The molecule has 0 aromatic carbocycles. The molecule has 0 aromatic rings. The first kappa shape index (κ1) is 14.9. The molecule has 1 rings (SSSR count). The fourth-order valence-corrected chi connectivity index (χ4v) is 0.619. The van der Waals surface area contributed by atoms with Crippen LogP contribution in [0, 0.1) is 0 Å². The summed E-state index contributed by atoms with van der Waals surface area (Å²) in [7, 11) is 2.14. The quantitative estimate of drug-likeness (QED) is 0.616. The van der Waals surface area contributed by atoms with Crippen LogP contribution in [0.3, 0.4) is 0 Å². The molecule has 1 aliphatic rings. The second-order valence-corrected chi connectivity index (χ2v) is 2.68. The van der Waals surface area contributed by atoms with Crippen molar-refractivity contribution in [2.45, 2.75) is 33.6 Å². The van der Waals surface area contributed by atoms with Gasteiger partial charge in [0.15, 0.2) is 5.78 Å². The molecular weight excluding hydrogens is 162 g/mol. The Kier molecular flexibility index (Phi) is 13.0. The van der Waals surface area contributed by atoms with Gasteiger partial charge in [0.1, 0.15) is 0 Å². The lowest BCUT2D eigenvalue weighted by Gasteiger charge is -2.24. The number of hydrogen-bond acceptors (Lipinski definition) is 2. The van der Waals surface area contributed by atoms with Gasteiger partial charge in [-0.25, -0.2) is 0 Å². The lowest BCUT2D eigenvalue weighted by atomic mass is 10.3. The van der Waals surface area contributed by atoms with E-state index in [1.807, 2.05) is 20.8 Å². The molecule has 0 atom stereocenters. The standard InChI is InChI=1S/C5H8O.C4H9N.C2H6/c1-3-5(6)4-2;1-5-3-2-4-5;1-2/h3H,1,4H2,2H3;2-4H2,1H3;1-2H3. The van der Waals surface area contributed by atoms with Gasteiger partial charge in [-0.1, -0.05) is 27.4 Å². The highest BCUT2D eigenvalue weighted by Crippen LogP contribution is 1.98. The molecule has 0 aliphatic carbocycles. The van der Waals surface area contributed by atoms with Crippen LogP contribution >= 0.6 is 0 Å². The zero-order chi connectivity index (χ0) is 10.7. The van der Waals surface area contributed by atoms with E-state index in [9.17, 15) is 4.79 Å². The normalized spacial score (nSPS) is 13.8. The summed E-state index contributed by atoms with van der Waals surface area (Å²) >= 11 is 0. The van der Waals surface area contributed by atoms with Crippen LogP contribution in [-0.4, -0.2) is 30.8 Å². The molecular formula is C11H23NO. The topological polar surface area (TPSA) is 20.3 Å². The average Bonchev–Trinajstić information content (AvgIpc) is 2.17. The van der Waals surface area contributed by atoms with Crippen LogP contribution in [0.15, 0.2) is 12.7 Å². The minimum atomic E-state index is 0.106. The van der Waals surface area contributed by atoms with Crippen molar-refractivity contribution in [3.05, 3.63) is 12.7 Å². The van der Waals surface area contributed by atoms with E-state index in [0.717, 1.165) is 0 Å². The molecule has 1 aliphatic heterocycles. The highest BCUT2D eigenvalue weighted by molar-refractivity contribution is 5.88. The molecule has 0 amide bonds. The molecule has 2 nitrogen and oxygen atoms in total. The number of allylic oxidation sites excluding steroid dienone is 1. The maximum absolute atomic E-state index is 10.1. The highest BCUT2D eigenvalue weighted by Gasteiger charge is 2.04. The first-order chi connectivity index (χ1) is 6.20. The highest BCUT2D eigenvalue weighted by atomic mass is 16.1. The van der Waals surface area contributed by atoms with Crippen LogP contribution in [0.5, 0.6) is 0 Å². The van der Waals surface area contributed by atoms with Crippen molar-refractivity contribution in [2.24, 2.45) is 0 Å². The number of carbonyl (C=O) groups excluding carboxylic acids is 1. The van der Waals surface area contributed by atoms with Crippen molar-refractivity contribution in [3.63, 3.8) is 0 Å². The second kappa shape index (κ2) is 11.4. The number of ketones is 1. The van der Waals surface area contributed by atoms with Crippen molar-refractivity contribution in [3.8, 4) is 0 Å². The van der Waals surface area contributed by atoms with Crippen molar-refractivity contribution >= 4 is 5.78 Å². The largest absolute Gasteiger partial charge is 0.306 e. The van der Waals surface area contributed by atoms with E-state index < -0.39 is 0 Å². The van der Waals surface area contributed by atoms with Crippen molar-refractivity contribution < 1.29 is 4.79 Å². The lowest BCUT2D eigenvalue weighted by Crippen LogP contribution is -2.32. The average molecular weight is 185 g/mol. The fourth-order valence-electron chi connectivity index (χ4n) is 0.619. The van der Waals surface area contributed by atoms with Crippen LogP contribution < -0.4 is 0 Å². The zero-order valence-corrected chi connectivity index (χ0v) is 9.47. The van der Waals surface area contributed by atoms with Crippen LogP contribution in [0.2, 0.25) is 0 Å². The Morgan fingerprint density at radius 1 is 1.46 bits per heavy atom. The van der Waals surface area contributed by atoms with Gasteiger partial charge in [0.2, 0.25) is 0 Å². The number of hydrogen-bond donors (Lipinski definition) is 0. The first-order valence-corrected chi connectivity index (χ1v) is 5.04. The summed E-state index contributed by atoms with van der Waals surface area (Å²) in [4.78, 5) is 12.4. The Hall–Kier alpha value is -0.630. The lowest BCUT2D eigenvalue weighted by molar-refractivity contribution is -0.114. The predicted octanol–water partition coefficient (Wildman–Crippen LogP) is 2.50. The number of carbonyl (C=O) groups is 1. The minimum absolute atomic E-state index is 0.106. The van der Waals surface area contributed by atoms with E-state index in [2.05, 4.69) is 18.5 Å². The van der Waals surface area contributed by atoms with Crippen molar-refractivity contribution in [2.75, 3.05) is 20.1 Å². The van der Waals surface area contributed by atoms with Gasteiger partial charge in [0.05, 0.1) is 0 Å². The molecule has 0 spiro atoms. The summed E-state index contributed by atoms with van der Waals surface area (Å²) in [6, 6.07) is 0. The van der Waals surface area contributed by atoms with Crippen LogP contribution in [0.4, 0.5) is 0 Å². The smallest absolute Gasteiger partial charge is 0.154 e. The third-order valence-corrected chi connectivity index (χ3v) is 1.66. The summed E-state index contributed by atoms with van der Waals surface area (Å²) in [6.45, 7) is 11.7. The molecule has 0 saturated carbocycles. The SMILES string of the molecule is C=CC(=O)CC.CC.CN1CCC1. The summed E-state index contributed by atoms with van der Waals surface area (Å²) < 4.78 is 0. The van der Waals surface area contributed by atoms with E-state index in [1.54, 1.807) is 0 Å². The van der Waals surface area contributed by atoms with E-state index in [4.69, 9.17) is 0 Å². The third-order valence-electron chi connectivity index (χ3n) is 1.66. The molecule has 1 fully saturated rings. The van der Waals surface area contributed by atoms with Crippen molar-refractivity contribution in [1.29, 1.82) is 0 Å². The molecule has 0 bridgehead atoms. The van der Waals surface area contributed by atoms with Gasteiger partial charge in [-0.2, -0.15) is 0 Å². The van der Waals surface area contributed by atoms with E-state index in [0.29, 0.717) is 6.42 Å². The minimum Gasteiger partial charge on any atom is -0.306 e. The zero-order valence-electron chi connectivity index (χ0n) is 9.47. The molecule has 13 heavy (non-hydrogen) atoms. The molecule has 2 heteroatoms. The van der Waals surface area contributed by atoms with Crippen molar-refractivity contribution in [1.82, 2.24) is 4.90 Å². The summed E-state index contributed by atoms with van der Waals surface area (Å²) in [5.74, 6) is 0.106. The molecule has 0 aromatic heterocycles. The van der Waals surface area contributed by atoms with Gasteiger partial charge >= 0.3 is 0 Å². The molecule has 0 N–H and O–H groups in total. The van der Waals surface area contributed by atoms with Gasteiger partial charge in [-0.3, -0.25) is 4.79 Å². The van der Waals surface area contributed by atoms with E-state index in [1.165, 1.54) is 25.6 Å². The van der Waals surface area contributed by atoms with Crippen LogP contribution in [0.1, 0.15) is 33.6 Å². The molecule has 78 valence electrons. The molecule has 0 unspecified atom stereocenters. The number of nitrogens with zero attached hydrogens (tertiary/aromatic N) is 1. The Bertz CT molecular complexity index is 128. The second-order valence-electron chi connectivity index (χ2n) is 2.68. The van der Waals surface area contributed by atoms with Crippen LogP contribution in [0.25, 0.3) is 0 Å². The van der Waals surface area contributed by atoms with Gasteiger partial charge in [-0.05, 0) is 32.6 Å². The molecule has 1 heterocycles. The summed E-state index contributed by atoms with van der Waals surface area (Å²) in [5, 5.41) is 0. The Labute approximate surface area is 82.6 Å². The predicted molar refractivity (Wildman–Crippen MR) is 59.0 cm³/mol. The molecule has 0 radical (unpaired) electrons. The maximum Gasteiger partial charge on any atom is 0.154 e. The van der Waals surface area contributed by atoms with Gasteiger partial charge in [0, 0.05) is 6.42 Å². The monoisotopic (exact) mass is 185 g/mol. The van der Waals surface area contributed by atoms with E-state index in [-0.39, 0.29) is 5.78 Å². The van der Waals surface area contributed by atoms with Gasteiger partial charge in [0.25, 0.3) is 0 Å². The van der Waals surface area contributed by atoms with E-state index >= 15 is 0 Å². The van der Waals surface area contributed by atoms with Gasteiger partial charge < -0.3 is 4.90 Å². The summed E-state index contributed by atoms with van der Waals surface area (Å²) in [6.07, 6.45) is 3.32.